The standard InChI is InChI=1S/C17H27NO/c1-5-17(6-2)15(12-16(17)18-7-3)13-9-8-10-14(11-13)19-4/h8-11,15-16,18H,5-7,12H2,1-4H3. The highest BCUT2D eigenvalue weighted by molar-refractivity contribution is 5.35. The molecule has 0 aromatic heterocycles. The van der Waals surface area contributed by atoms with Crippen LogP contribution in [0.3, 0.4) is 0 Å². The maximum Gasteiger partial charge on any atom is 0.119 e. The Bertz CT molecular complexity index is 411. The molecular weight excluding hydrogens is 234 g/mol. The third-order valence-electron chi connectivity index (χ3n) is 5.12. The van der Waals surface area contributed by atoms with E-state index in [4.69, 9.17) is 4.74 Å². The van der Waals surface area contributed by atoms with Gasteiger partial charge in [-0.15, -0.1) is 0 Å². The minimum atomic E-state index is 0.419. The van der Waals surface area contributed by atoms with E-state index in [0.29, 0.717) is 17.4 Å². The molecule has 2 rings (SSSR count). The molecule has 0 heterocycles. The Kier molecular flexibility index (Phi) is 4.51. The topological polar surface area (TPSA) is 21.3 Å². The van der Waals surface area contributed by atoms with Gasteiger partial charge in [0.25, 0.3) is 0 Å². The molecule has 1 N–H and O–H groups in total. The van der Waals surface area contributed by atoms with Crippen LogP contribution >= 0.6 is 0 Å². The van der Waals surface area contributed by atoms with Gasteiger partial charge in [0.2, 0.25) is 0 Å². The lowest BCUT2D eigenvalue weighted by Crippen LogP contribution is -2.58. The smallest absolute Gasteiger partial charge is 0.119 e. The highest BCUT2D eigenvalue weighted by atomic mass is 16.5. The molecule has 0 amide bonds. The summed E-state index contributed by atoms with van der Waals surface area (Å²) in [6, 6.07) is 9.29. The molecule has 0 saturated heterocycles. The molecule has 1 aliphatic carbocycles. The van der Waals surface area contributed by atoms with Gasteiger partial charge in [-0.1, -0.05) is 32.9 Å². The summed E-state index contributed by atoms with van der Waals surface area (Å²) in [4.78, 5) is 0. The quantitative estimate of drug-likeness (QED) is 0.836. The van der Waals surface area contributed by atoms with Crippen molar-refractivity contribution in [2.75, 3.05) is 13.7 Å². The van der Waals surface area contributed by atoms with Gasteiger partial charge < -0.3 is 10.1 Å². The first-order chi connectivity index (χ1) is 9.21. The SMILES string of the molecule is CCNC1CC(c2cccc(OC)c2)C1(CC)CC. The van der Waals surface area contributed by atoms with E-state index in [1.807, 2.05) is 6.07 Å². The van der Waals surface area contributed by atoms with E-state index < -0.39 is 0 Å². The fraction of sp³-hybridized carbons (Fsp3) is 0.647. The van der Waals surface area contributed by atoms with Crippen molar-refractivity contribution < 1.29 is 4.74 Å². The van der Waals surface area contributed by atoms with Crippen molar-refractivity contribution in [2.24, 2.45) is 5.41 Å². The second-order valence-corrected chi connectivity index (χ2v) is 5.62. The van der Waals surface area contributed by atoms with Crippen LogP contribution in [0.5, 0.6) is 5.75 Å². The molecule has 19 heavy (non-hydrogen) atoms. The number of nitrogens with one attached hydrogen (secondary N) is 1. The Morgan fingerprint density at radius 2 is 2.00 bits per heavy atom. The van der Waals surface area contributed by atoms with Gasteiger partial charge in [0.15, 0.2) is 0 Å². The number of ether oxygens (including phenoxy) is 1. The normalized spacial score (nSPS) is 24.8. The summed E-state index contributed by atoms with van der Waals surface area (Å²) in [6.07, 6.45) is 3.73. The first kappa shape index (κ1) is 14.4. The van der Waals surface area contributed by atoms with E-state index in [0.717, 1.165) is 12.3 Å². The van der Waals surface area contributed by atoms with Gasteiger partial charge in [0, 0.05) is 6.04 Å². The van der Waals surface area contributed by atoms with Gasteiger partial charge in [-0.25, -0.2) is 0 Å². The van der Waals surface area contributed by atoms with Crippen LogP contribution in [-0.4, -0.2) is 19.7 Å². The number of hydrogen-bond acceptors (Lipinski definition) is 2. The number of benzene rings is 1. The predicted octanol–water partition coefficient (Wildman–Crippen LogP) is 3.97. The summed E-state index contributed by atoms with van der Waals surface area (Å²) >= 11 is 0. The fourth-order valence-corrected chi connectivity index (χ4v) is 3.88. The van der Waals surface area contributed by atoms with Crippen LogP contribution in [0.15, 0.2) is 24.3 Å². The van der Waals surface area contributed by atoms with Gasteiger partial charge in [-0.2, -0.15) is 0 Å². The summed E-state index contributed by atoms with van der Waals surface area (Å²) in [7, 11) is 1.74. The van der Waals surface area contributed by atoms with Crippen molar-refractivity contribution in [2.45, 2.75) is 52.0 Å². The molecule has 106 valence electrons. The first-order valence-electron chi connectivity index (χ1n) is 7.59. The predicted molar refractivity (Wildman–Crippen MR) is 80.8 cm³/mol. The zero-order valence-corrected chi connectivity index (χ0v) is 12.7. The second-order valence-electron chi connectivity index (χ2n) is 5.62. The molecule has 0 bridgehead atoms. The van der Waals surface area contributed by atoms with Crippen LogP contribution in [-0.2, 0) is 0 Å². The summed E-state index contributed by atoms with van der Waals surface area (Å²) < 4.78 is 5.37. The Hall–Kier alpha value is -1.02. The summed E-state index contributed by atoms with van der Waals surface area (Å²) in [6.45, 7) is 7.94. The zero-order chi connectivity index (χ0) is 13.9. The van der Waals surface area contributed by atoms with E-state index in [2.05, 4.69) is 44.3 Å². The highest BCUT2D eigenvalue weighted by Gasteiger charge is 2.52. The van der Waals surface area contributed by atoms with Crippen LogP contribution in [0.4, 0.5) is 0 Å². The lowest BCUT2D eigenvalue weighted by molar-refractivity contribution is 0.0209. The number of hydrogen-bond donors (Lipinski definition) is 1. The summed E-state index contributed by atoms with van der Waals surface area (Å²) in [5, 5.41) is 3.67. The molecular formula is C17H27NO. The van der Waals surface area contributed by atoms with E-state index in [1.54, 1.807) is 7.11 Å². The van der Waals surface area contributed by atoms with Crippen molar-refractivity contribution >= 4 is 0 Å². The van der Waals surface area contributed by atoms with Crippen LogP contribution in [0.1, 0.15) is 51.5 Å². The van der Waals surface area contributed by atoms with Crippen LogP contribution in [0, 0.1) is 5.41 Å². The van der Waals surface area contributed by atoms with E-state index in [1.165, 1.54) is 24.8 Å². The number of methoxy groups -OCH3 is 1. The molecule has 0 spiro atoms. The lowest BCUT2D eigenvalue weighted by Gasteiger charge is -2.56. The zero-order valence-electron chi connectivity index (χ0n) is 12.7. The molecule has 1 fully saturated rings. The molecule has 1 aromatic rings. The fourth-order valence-electron chi connectivity index (χ4n) is 3.88. The Balaban J connectivity index is 2.24. The molecule has 1 aliphatic rings. The maximum atomic E-state index is 5.37. The maximum absolute atomic E-state index is 5.37. The Morgan fingerprint density at radius 1 is 1.26 bits per heavy atom. The molecule has 2 atom stereocenters. The van der Waals surface area contributed by atoms with E-state index >= 15 is 0 Å². The summed E-state index contributed by atoms with van der Waals surface area (Å²) in [5.41, 5.74) is 1.86. The van der Waals surface area contributed by atoms with E-state index in [-0.39, 0.29) is 0 Å². The molecule has 2 nitrogen and oxygen atoms in total. The Labute approximate surface area is 117 Å². The van der Waals surface area contributed by atoms with Gasteiger partial charge in [-0.05, 0) is 54.8 Å². The van der Waals surface area contributed by atoms with Gasteiger partial charge in [-0.3, -0.25) is 0 Å². The van der Waals surface area contributed by atoms with Crippen molar-refractivity contribution in [3.63, 3.8) is 0 Å². The minimum Gasteiger partial charge on any atom is -0.497 e. The third-order valence-corrected chi connectivity index (χ3v) is 5.12. The monoisotopic (exact) mass is 261 g/mol. The van der Waals surface area contributed by atoms with Crippen molar-refractivity contribution in [1.82, 2.24) is 5.32 Å². The molecule has 0 aliphatic heterocycles. The molecule has 2 unspecified atom stereocenters. The third kappa shape index (κ3) is 2.38. The second kappa shape index (κ2) is 5.96. The van der Waals surface area contributed by atoms with Crippen molar-refractivity contribution in [1.29, 1.82) is 0 Å². The Morgan fingerprint density at radius 3 is 2.58 bits per heavy atom. The molecule has 0 radical (unpaired) electrons. The van der Waals surface area contributed by atoms with Gasteiger partial charge in [0.05, 0.1) is 7.11 Å². The largest absolute Gasteiger partial charge is 0.497 e. The van der Waals surface area contributed by atoms with Crippen molar-refractivity contribution in [3.05, 3.63) is 29.8 Å². The molecule has 1 aromatic carbocycles. The lowest BCUT2D eigenvalue weighted by atomic mass is 9.52. The highest BCUT2D eigenvalue weighted by Crippen LogP contribution is 2.57. The summed E-state index contributed by atoms with van der Waals surface area (Å²) in [5.74, 6) is 1.65. The van der Waals surface area contributed by atoms with Crippen LogP contribution in [0.2, 0.25) is 0 Å². The van der Waals surface area contributed by atoms with Crippen molar-refractivity contribution in [3.8, 4) is 5.75 Å². The van der Waals surface area contributed by atoms with Crippen LogP contribution in [0.25, 0.3) is 0 Å². The average Bonchev–Trinajstić information content (AvgIpc) is 2.44. The molecule has 1 saturated carbocycles. The average molecular weight is 261 g/mol. The van der Waals surface area contributed by atoms with Gasteiger partial charge >= 0.3 is 0 Å². The van der Waals surface area contributed by atoms with E-state index in [9.17, 15) is 0 Å². The van der Waals surface area contributed by atoms with Gasteiger partial charge in [0.1, 0.15) is 5.75 Å². The first-order valence-corrected chi connectivity index (χ1v) is 7.59. The molecule has 2 heteroatoms. The van der Waals surface area contributed by atoms with Crippen LogP contribution < -0.4 is 10.1 Å². The minimum absolute atomic E-state index is 0.419. The number of rotatable bonds is 6.